The molecule has 1 heterocycles. The molecule has 1 saturated heterocycles. The maximum atomic E-state index is 12.2. The van der Waals surface area contributed by atoms with Crippen LogP contribution in [0.15, 0.2) is 0 Å². The summed E-state index contributed by atoms with van der Waals surface area (Å²) in [5.41, 5.74) is 0. The van der Waals surface area contributed by atoms with Crippen molar-refractivity contribution in [2.24, 2.45) is 17.8 Å². The number of imide groups is 1. The first-order valence-electron chi connectivity index (χ1n) is 6.55. The molecule has 0 bridgehead atoms. The van der Waals surface area contributed by atoms with E-state index >= 15 is 0 Å². The minimum absolute atomic E-state index is 0.268. The van der Waals surface area contributed by atoms with Gasteiger partial charge in [-0.05, 0) is 18.8 Å². The molecule has 3 atom stereocenters. The van der Waals surface area contributed by atoms with Gasteiger partial charge in [0.2, 0.25) is 11.8 Å². The number of carboxylic acid groups (broad SMARTS) is 1. The van der Waals surface area contributed by atoms with Gasteiger partial charge in [0.05, 0.1) is 11.8 Å². The Kier molecular flexibility index (Phi) is 3.41. The molecule has 3 unspecified atom stereocenters. The van der Waals surface area contributed by atoms with Crippen LogP contribution in [-0.4, -0.2) is 33.8 Å². The molecule has 0 radical (unpaired) electrons. The third kappa shape index (κ3) is 1.91. The largest absolute Gasteiger partial charge is 0.480 e. The van der Waals surface area contributed by atoms with Crippen LogP contribution in [0.5, 0.6) is 0 Å². The van der Waals surface area contributed by atoms with Crippen LogP contribution in [0, 0.1) is 17.8 Å². The van der Waals surface area contributed by atoms with Gasteiger partial charge in [0.1, 0.15) is 6.04 Å². The van der Waals surface area contributed by atoms with Gasteiger partial charge in [-0.2, -0.15) is 0 Å². The fourth-order valence-corrected chi connectivity index (χ4v) is 3.16. The van der Waals surface area contributed by atoms with Crippen LogP contribution in [0.1, 0.15) is 39.5 Å². The summed E-state index contributed by atoms with van der Waals surface area (Å²) in [5.74, 6) is -2.45. The summed E-state index contributed by atoms with van der Waals surface area (Å²) >= 11 is 0. The zero-order valence-corrected chi connectivity index (χ0v) is 10.8. The van der Waals surface area contributed by atoms with Gasteiger partial charge < -0.3 is 5.11 Å². The summed E-state index contributed by atoms with van der Waals surface area (Å²) in [6.07, 6.45) is 3.34. The van der Waals surface area contributed by atoms with E-state index in [4.69, 9.17) is 0 Å². The van der Waals surface area contributed by atoms with Gasteiger partial charge >= 0.3 is 5.97 Å². The highest BCUT2D eigenvalue weighted by molar-refractivity contribution is 6.07. The van der Waals surface area contributed by atoms with E-state index in [1.54, 1.807) is 13.8 Å². The number of aliphatic carboxylic acids is 1. The fraction of sp³-hybridized carbons (Fsp3) is 0.769. The lowest BCUT2D eigenvalue weighted by molar-refractivity contribution is -0.157. The molecule has 2 rings (SSSR count). The van der Waals surface area contributed by atoms with E-state index in [1.807, 2.05) is 0 Å². The highest BCUT2D eigenvalue weighted by atomic mass is 16.4. The first-order chi connectivity index (χ1) is 8.45. The van der Waals surface area contributed by atoms with Gasteiger partial charge in [0, 0.05) is 0 Å². The minimum Gasteiger partial charge on any atom is -0.480 e. The van der Waals surface area contributed by atoms with E-state index in [-0.39, 0.29) is 29.6 Å². The fourth-order valence-electron chi connectivity index (χ4n) is 3.16. The lowest BCUT2D eigenvalue weighted by Crippen LogP contribution is -2.48. The number of likely N-dealkylation sites (tertiary alicyclic amines) is 1. The molecule has 100 valence electrons. The smallest absolute Gasteiger partial charge is 0.327 e. The molecular formula is C13H19NO4. The standard InChI is InChI=1S/C13H19NO4/c1-7(2)10(13(17)18)14-11(15)8-5-3-4-6-9(8)12(14)16/h7-10H,3-6H2,1-2H3,(H,17,18). The Hall–Kier alpha value is -1.39. The normalized spacial score (nSPS) is 29.6. The van der Waals surface area contributed by atoms with E-state index in [0.717, 1.165) is 30.6 Å². The molecule has 18 heavy (non-hydrogen) atoms. The number of rotatable bonds is 3. The van der Waals surface area contributed by atoms with E-state index in [0.29, 0.717) is 0 Å². The number of hydrogen-bond donors (Lipinski definition) is 1. The number of hydrogen-bond acceptors (Lipinski definition) is 3. The van der Waals surface area contributed by atoms with Crippen molar-refractivity contribution >= 4 is 17.8 Å². The SMILES string of the molecule is CC(C)C(C(=O)O)N1C(=O)C2CCCCC2C1=O. The second kappa shape index (κ2) is 4.71. The third-order valence-corrected chi connectivity index (χ3v) is 4.04. The second-order valence-electron chi connectivity index (χ2n) is 5.57. The Bertz CT molecular complexity index is 366. The number of amides is 2. The van der Waals surface area contributed by atoms with Crippen molar-refractivity contribution in [2.75, 3.05) is 0 Å². The number of carbonyl (C=O) groups excluding carboxylic acids is 2. The highest BCUT2D eigenvalue weighted by Gasteiger charge is 2.52. The van der Waals surface area contributed by atoms with Crippen LogP contribution >= 0.6 is 0 Å². The van der Waals surface area contributed by atoms with Crippen LogP contribution < -0.4 is 0 Å². The van der Waals surface area contributed by atoms with Gasteiger partial charge in [0.15, 0.2) is 0 Å². The lowest BCUT2D eigenvalue weighted by atomic mass is 9.81. The average Bonchev–Trinajstić information content (AvgIpc) is 2.55. The quantitative estimate of drug-likeness (QED) is 0.769. The molecule has 0 aromatic heterocycles. The van der Waals surface area contributed by atoms with Crippen molar-refractivity contribution in [3.63, 3.8) is 0 Å². The molecule has 2 aliphatic rings. The van der Waals surface area contributed by atoms with E-state index in [2.05, 4.69) is 0 Å². The molecule has 1 saturated carbocycles. The number of nitrogens with zero attached hydrogens (tertiary/aromatic N) is 1. The van der Waals surface area contributed by atoms with Gasteiger partial charge in [-0.3, -0.25) is 14.5 Å². The summed E-state index contributed by atoms with van der Waals surface area (Å²) < 4.78 is 0. The molecule has 5 nitrogen and oxygen atoms in total. The Morgan fingerprint density at radius 2 is 1.61 bits per heavy atom. The Balaban J connectivity index is 2.30. The molecular weight excluding hydrogens is 234 g/mol. The van der Waals surface area contributed by atoms with E-state index in [1.165, 1.54) is 0 Å². The topological polar surface area (TPSA) is 74.7 Å². The van der Waals surface area contributed by atoms with E-state index in [9.17, 15) is 19.5 Å². The first-order valence-corrected chi connectivity index (χ1v) is 6.55. The predicted molar refractivity (Wildman–Crippen MR) is 63.6 cm³/mol. The number of fused-ring (bicyclic) bond motifs is 1. The Morgan fingerprint density at radius 3 is 1.94 bits per heavy atom. The molecule has 0 spiro atoms. The maximum absolute atomic E-state index is 12.2. The summed E-state index contributed by atoms with van der Waals surface area (Å²) in [7, 11) is 0. The monoisotopic (exact) mass is 253 g/mol. The third-order valence-electron chi connectivity index (χ3n) is 4.04. The summed E-state index contributed by atoms with van der Waals surface area (Å²) in [5, 5.41) is 9.23. The molecule has 1 aliphatic heterocycles. The molecule has 5 heteroatoms. The Labute approximate surface area is 106 Å². The van der Waals surface area contributed by atoms with Crippen LogP contribution in [0.25, 0.3) is 0 Å². The van der Waals surface area contributed by atoms with Crippen molar-refractivity contribution < 1.29 is 19.5 Å². The summed E-state index contributed by atoms with van der Waals surface area (Å²) in [6, 6.07) is -1.02. The molecule has 2 amide bonds. The molecule has 0 aromatic rings. The number of carbonyl (C=O) groups is 3. The van der Waals surface area contributed by atoms with Gasteiger partial charge in [-0.25, -0.2) is 4.79 Å². The molecule has 1 N–H and O–H groups in total. The van der Waals surface area contributed by atoms with Crippen LogP contribution in [0.2, 0.25) is 0 Å². The van der Waals surface area contributed by atoms with Crippen molar-refractivity contribution in [3.05, 3.63) is 0 Å². The van der Waals surface area contributed by atoms with Crippen LogP contribution in [-0.2, 0) is 14.4 Å². The molecule has 2 fully saturated rings. The van der Waals surface area contributed by atoms with Crippen molar-refractivity contribution in [2.45, 2.75) is 45.6 Å². The first kappa shape index (κ1) is 13.1. The lowest BCUT2D eigenvalue weighted by Gasteiger charge is -2.26. The van der Waals surface area contributed by atoms with Crippen LogP contribution in [0.3, 0.4) is 0 Å². The summed E-state index contributed by atoms with van der Waals surface area (Å²) in [6.45, 7) is 3.45. The average molecular weight is 253 g/mol. The molecule has 1 aliphatic carbocycles. The van der Waals surface area contributed by atoms with Crippen LogP contribution in [0.4, 0.5) is 0 Å². The van der Waals surface area contributed by atoms with Crippen molar-refractivity contribution in [1.82, 2.24) is 4.90 Å². The van der Waals surface area contributed by atoms with Gasteiger partial charge in [-0.1, -0.05) is 26.7 Å². The predicted octanol–water partition coefficient (Wildman–Crippen LogP) is 1.27. The van der Waals surface area contributed by atoms with Gasteiger partial charge in [0.25, 0.3) is 0 Å². The Morgan fingerprint density at radius 1 is 1.17 bits per heavy atom. The zero-order chi connectivity index (χ0) is 13.4. The minimum atomic E-state index is -1.09. The van der Waals surface area contributed by atoms with Crippen molar-refractivity contribution in [1.29, 1.82) is 0 Å². The second-order valence-corrected chi connectivity index (χ2v) is 5.57. The van der Waals surface area contributed by atoms with Crippen molar-refractivity contribution in [3.8, 4) is 0 Å². The van der Waals surface area contributed by atoms with Gasteiger partial charge in [-0.15, -0.1) is 0 Å². The zero-order valence-electron chi connectivity index (χ0n) is 10.8. The van der Waals surface area contributed by atoms with E-state index < -0.39 is 12.0 Å². The molecule has 0 aromatic carbocycles. The highest BCUT2D eigenvalue weighted by Crippen LogP contribution is 2.39. The summed E-state index contributed by atoms with van der Waals surface area (Å²) in [4.78, 5) is 36.8. The number of carboxylic acids is 1. The maximum Gasteiger partial charge on any atom is 0.327 e.